The molecule has 0 aliphatic carbocycles. The van der Waals surface area contributed by atoms with Crippen LogP contribution in [0.15, 0.2) is 59.4 Å². The molecule has 3 aromatic rings. The van der Waals surface area contributed by atoms with Gasteiger partial charge in [0.15, 0.2) is 0 Å². The molecular weight excluding hydrogens is 400 g/mol. The molecule has 31 heavy (non-hydrogen) atoms. The van der Waals surface area contributed by atoms with Gasteiger partial charge in [0.25, 0.3) is 0 Å². The zero-order chi connectivity index (χ0) is 22.0. The maximum absolute atomic E-state index is 13.4. The van der Waals surface area contributed by atoms with Crippen LogP contribution in [-0.2, 0) is 4.74 Å². The summed E-state index contributed by atoms with van der Waals surface area (Å²) in [6, 6.07) is 16.0. The third-order valence-corrected chi connectivity index (χ3v) is 5.35. The molecule has 0 spiro atoms. The molecule has 1 aliphatic heterocycles. The molecule has 0 atom stereocenters. The molecule has 1 aromatic heterocycles. The minimum atomic E-state index is -0.683. The minimum Gasteiger partial charge on any atom is -0.450 e. The summed E-state index contributed by atoms with van der Waals surface area (Å²) in [5.74, 6) is 0. The van der Waals surface area contributed by atoms with Crippen LogP contribution in [0.2, 0.25) is 0 Å². The Morgan fingerprint density at radius 3 is 2.32 bits per heavy atom. The van der Waals surface area contributed by atoms with Gasteiger partial charge in [0.1, 0.15) is 5.69 Å². The molecule has 0 N–H and O–H groups in total. The topological polar surface area (TPSA) is 97.9 Å². The molecule has 2 aromatic carbocycles. The van der Waals surface area contributed by atoms with E-state index in [1.165, 1.54) is 4.57 Å². The van der Waals surface area contributed by atoms with Crippen molar-refractivity contribution in [3.63, 3.8) is 0 Å². The van der Waals surface area contributed by atoms with Gasteiger partial charge in [-0.1, -0.05) is 36.4 Å². The molecular formula is C22H22N4O5. The largest absolute Gasteiger partial charge is 0.450 e. The number of amides is 1. The molecule has 4 rings (SSSR count). The highest BCUT2D eigenvalue weighted by Crippen LogP contribution is 2.35. The number of ether oxygens (including phenoxy) is 1. The summed E-state index contributed by atoms with van der Waals surface area (Å²) in [6.45, 7) is 3.45. The van der Waals surface area contributed by atoms with Crippen LogP contribution >= 0.6 is 0 Å². The van der Waals surface area contributed by atoms with Gasteiger partial charge < -0.3 is 14.5 Å². The summed E-state index contributed by atoms with van der Waals surface area (Å²) in [5.41, 5.74) is 0.295. The van der Waals surface area contributed by atoms with Crippen molar-refractivity contribution in [3.05, 3.63) is 75.1 Å². The molecule has 1 amide bonds. The number of carbonyl (C=O) groups excluding carboxylic acids is 1. The number of anilines is 1. The van der Waals surface area contributed by atoms with Gasteiger partial charge in [0.2, 0.25) is 0 Å². The Kier molecular flexibility index (Phi) is 5.57. The van der Waals surface area contributed by atoms with E-state index in [-0.39, 0.29) is 6.61 Å². The van der Waals surface area contributed by atoms with Gasteiger partial charge in [-0.15, -0.1) is 0 Å². The average Bonchev–Trinajstić information content (AvgIpc) is 2.79. The van der Waals surface area contributed by atoms with Crippen molar-refractivity contribution < 1.29 is 14.5 Å². The maximum Gasteiger partial charge on any atom is 0.409 e. The number of hydrogen-bond donors (Lipinski definition) is 0. The minimum absolute atomic E-state index is 0.285. The van der Waals surface area contributed by atoms with E-state index in [1.54, 1.807) is 60.4 Å². The Morgan fingerprint density at radius 1 is 1.03 bits per heavy atom. The van der Waals surface area contributed by atoms with Gasteiger partial charge in [-0.2, -0.15) is 0 Å². The van der Waals surface area contributed by atoms with Crippen LogP contribution in [-0.4, -0.2) is 53.3 Å². The summed E-state index contributed by atoms with van der Waals surface area (Å²) in [4.78, 5) is 40.2. The first kappa shape index (κ1) is 20.4. The normalized spacial score (nSPS) is 14.0. The van der Waals surface area contributed by atoms with Crippen LogP contribution in [0.5, 0.6) is 0 Å². The number of nitro groups is 1. The van der Waals surface area contributed by atoms with Crippen LogP contribution in [0, 0.1) is 10.1 Å². The molecule has 9 heteroatoms. The van der Waals surface area contributed by atoms with Gasteiger partial charge in [0, 0.05) is 37.3 Å². The third-order valence-electron chi connectivity index (χ3n) is 5.35. The number of aromatic nitrogens is 1. The Morgan fingerprint density at radius 2 is 1.68 bits per heavy atom. The number of nitrogens with zero attached hydrogens (tertiary/aromatic N) is 4. The van der Waals surface area contributed by atoms with Crippen molar-refractivity contribution in [1.82, 2.24) is 9.47 Å². The van der Waals surface area contributed by atoms with Gasteiger partial charge in [0.05, 0.1) is 17.0 Å². The highest BCUT2D eigenvalue weighted by atomic mass is 16.6. The second-order valence-electron chi connectivity index (χ2n) is 7.12. The summed E-state index contributed by atoms with van der Waals surface area (Å²) in [6.07, 6.45) is -0.402. The summed E-state index contributed by atoms with van der Waals surface area (Å²) in [5, 5.41) is 12.7. The van der Waals surface area contributed by atoms with Crippen LogP contribution in [0.1, 0.15) is 6.92 Å². The van der Waals surface area contributed by atoms with Crippen LogP contribution in [0.25, 0.3) is 16.6 Å². The van der Waals surface area contributed by atoms with E-state index in [0.29, 0.717) is 48.5 Å². The Labute approximate surface area is 178 Å². The molecule has 1 aliphatic rings. The molecule has 2 heterocycles. The predicted octanol–water partition coefficient (Wildman–Crippen LogP) is 3.18. The number of fused-ring (bicyclic) bond motifs is 1. The van der Waals surface area contributed by atoms with E-state index >= 15 is 0 Å². The number of rotatable bonds is 4. The number of para-hydroxylation sites is 2. The van der Waals surface area contributed by atoms with Crippen LogP contribution in [0.3, 0.4) is 0 Å². The van der Waals surface area contributed by atoms with Crippen molar-refractivity contribution in [2.45, 2.75) is 6.92 Å². The van der Waals surface area contributed by atoms with Crippen molar-refractivity contribution in [2.24, 2.45) is 0 Å². The fourth-order valence-corrected chi connectivity index (χ4v) is 3.96. The maximum atomic E-state index is 13.4. The first-order valence-corrected chi connectivity index (χ1v) is 10.1. The third kappa shape index (κ3) is 3.70. The van der Waals surface area contributed by atoms with E-state index < -0.39 is 22.3 Å². The Balaban J connectivity index is 1.86. The van der Waals surface area contributed by atoms with Gasteiger partial charge >= 0.3 is 17.3 Å². The second kappa shape index (κ2) is 8.47. The second-order valence-corrected chi connectivity index (χ2v) is 7.12. The van der Waals surface area contributed by atoms with Crippen molar-refractivity contribution >= 4 is 28.4 Å². The quantitative estimate of drug-likeness (QED) is 0.473. The number of piperazine rings is 1. The zero-order valence-electron chi connectivity index (χ0n) is 17.1. The number of pyridine rings is 1. The zero-order valence-corrected chi connectivity index (χ0v) is 17.1. The lowest BCUT2D eigenvalue weighted by molar-refractivity contribution is -0.385. The fourth-order valence-electron chi connectivity index (χ4n) is 3.96. The molecule has 0 bridgehead atoms. The molecule has 1 fully saturated rings. The SMILES string of the molecule is CCOC(=O)N1CCN(c2c([N+](=O)[O-])c(=O)n(-c3ccccc3)c3ccccc23)CC1. The standard InChI is InChI=1S/C22H22N4O5/c1-2-31-22(28)24-14-12-23(13-15-24)19-17-10-6-7-11-18(17)25(16-8-4-3-5-9-16)21(27)20(19)26(29)30/h3-11H,2,12-15H2,1H3. The Hall–Kier alpha value is -3.88. The number of hydrogen-bond acceptors (Lipinski definition) is 6. The number of benzene rings is 2. The first-order valence-electron chi connectivity index (χ1n) is 10.1. The monoisotopic (exact) mass is 422 g/mol. The van der Waals surface area contributed by atoms with Crippen LogP contribution < -0.4 is 10.5 Å². The van der Waals surface area contributed by atoms with Crippen LogP contribution in [0.4, 0.5) is 16.2 Å². The molecule has 0 unspecified atom stereocenters. The highest BCUT2D eigenvalue weighted by molar-refractivity contribution is 5.97. The molecule has 160 valence electrons. The lowest BCUT2D eigenvalue weighted by Gasteiger charge is -2.35. The summed E-state index contributed by atoms with van der Waals surface area (Å²) in [7, 11) is 0. The number of carbonyl (C=O) groups is 1. The van der Waals surface area contributed by atoms with E-state index in [9.17, 15) is 19.7 Å². The van der Waals surface area contributed by atoms with E-state index in [0.717, 1.165) is 0 Å². The van der Waals surface area contributed by atoms with E-state index in [1.807, 2.05) is 11.0 Å². The Bertz CT molecular complexity index is 1180. The predicted molar refractivity (Wildman–Crippen MR) is 117 cm³/mol. The van der Waals surface area contributed by atoms with Crippen molar-refractivity contribution in [2.75, 3.05) is 37.7 Å². The van der Waals surface area contributed by atoms with Gasteiger partial charge in [-0.3, -0.25) is 19.5 Å². The molecule has 0 saturated carbocycles. The molecule has 9 nitrogen and oxygen atoms in total. The lowest BCUT2D eigenvalue weighted by Crippen LogP contribution is -2.49. The molecule has 1 saturated heterocycles. The van der Waals surface area contributed by atoms with Gasteiger partial charge in [-0.05, 0) is 25.1 Å². The summed E-state index contributed by atoms with van der Waals surface area (Å²) >= 11 is 0. The smallest absolute Gasteiger partial charge is 0.409 e. The molecule has 0 radical (unpaired) electrons. The lowest BCUT2D eigenvalue weighted by atomic mass is 10.1. The van der Waals surface area contributed by atoms with E-state index in [2.05, 4.69) is 0 Å². The summed E-state index contributed by atoms with van der Waals surface area (Å²) < 4.78 is 6.43. The first-order chi connectivity index (χ1) is 15.0. The fraction of sp³-hybridized carbons (Fsp3) is 0.273. The highest BCUT2D eigenvalue weighted by Gasteiger charge is 2.32. The average molecular weight is 422 g/mol. The van der Waals surface area contributed by atoms with Crippen molar-refractivity contribution in [1.29, 1.82) is 0 Å². The van der Waals surface area contributed by atoms with Crippen molar-refractivity contribution in [3.8, 4) is 5.69 Å². The van der Waals surface area contributed by atoms with E-state index in [4.69, 9.17) is 4.74 Å². The van der Waals surface area contributed by atoms with Gasteiger partial charge in [-0.25, -0.2) is 4.79 Å².